The molecule has 6 nitrogen and oxygen atoms in total. The van der Waals surface area contributed by atoms with Gasteiger partial charge < -0.3 is 14.0 Å². The molecule has 0 spiro atoms. The number of halogens is 1. The third-order valence-electron chi connectivity index (χ3n) is 3.47. The van der Waals surface area contributed by atoms with E-state index in [4.69, 9.17) is 14.0 Å². The topological polar surface area (TPSA) is 74.5 Å². The highest BCUT2D eigenvalue weighted by molar-refractivity contribution is 5.74. The Bertz CT molecular complexity index is 730. The van der Waals surface area contributed by atoms with Crippen molar-refractivity contribution < 1.29 is 23.2 Å². The molecule has 0 amide bonds. The number of benzene rings is 1. The molecule has 0 radical (unpaired) electrons. The Kier molecular flexibility index (Phi) is 6.82. The number of aryl methyl sites for hydroxylation is 2. The SMILES string of the molecule is C=CCOC(C)C(=O)OCCCc1nc(-c2ccc(C)c(F)c2)no1. The van der Waals surface area contributed by atoms with Crippen LogP contribution in [0.5, 0.6) is 0 Å². The molecule has 7 heteroatoms. The van der Waals surface area contributed by atoms with Gasteiger partial charge >= 0.3 is 5.97 Å². The van der Waals surface area contributed by atoms with E-state index in [-0.39, 0.29) is 12.4 Å². The van der Waals surface area contributed by atoms with E-state index >= 15 is 0 Å². The van der Waals surface area contributed by atoms with Gasteiger partial charge in [-0.05, 0) is 31.9 Å². The molecule has 0 fully saturated rings. The maximum atomic E-state index is 13.6. The fourth-order valence-corrected chi connectivity index (χ4v) is 2.00. The Morgan fingerprint density at radius 1 is 1.48 bits per heavy atom. The molecule has 1 aromatic carbocycles. The van der Waals surface area contributed by atoms with E-state index in [1.165, 1.54) is 6.07 Å². The largest absolute Gasteiger partial charge is 0.464 e. The van der Waals surface area contributed by atoms with Crippen molar-refractivity contribution in [3.8, 4) is 11.4 Å². The molecule has 1 unspecified atom stereocenters. The van der Waals surface area contributed by atoms with Gasteiger partial charge in [0.1, 0.15) is 5.82 Å². The normalized spacial score (nSPS) is 12.0. The quantitative estimate of drug-likeness (QED) is 0.393. The Labute approximate surface area is 145 Å². The second-order valence-electron chi connectivity index (χ2n) is 5.51. The fourth-order valence-electron chi connectivity index (χ4n) is 2.00. The molecule has 0 bridgehead atoms. The number of carbonyl (C=O) groups is 1. The molecule has 1 atom stereocenters. The number of nitrogens with zero attached hydrogens (tertiary/aromatic N) is 2. The van der Waals surface area contributed by atoms with E-state index in [0.717, 1.165) is 0 Å². The van der Waals surface area contributed by atoms with Gasteiger partial charge in [0.15, 0.2) is 6.10 Å². The molecule has 0 saturated carbocycles. The van der Waals surface area contributed by atoms with Crippen LogP contribution >= 0.6 is 0 Å². The van der Waals surface area contributed by atoms with Crippen LogP contribution in [0, 0.1) is 12.7 Å². The van der Waals surface area contributed by atoms with Crippen LogP contribution in [0.4, 0.5) is 4.39 Å². The minimum absolute atomic E-state index is 0.220. The van der Waals surface area contributed by atoms with Crippen LogP contribution in [0.3, 0.4) is 0 Å². The third kappa shape index (κ3) is 5.49. The summed E-state index contributed by atoms with van der Waals surface area (Å²) in [5.41, 5.74) is 1.11. The lowest BCUT2D eigenvalue weighted by molar-refractivity contribution is -0.155. The first kappa shape index (κ1) is 18.8. The van der Waals surface area contributed by atoms with Gasteiger partial charge in [0.2, 0.25) is 11.7 Å². The molecule has 134 valence electrons. The van der Waals surface area contributed by atoms with E-state index in [1.54, 1.807) is 32.1 Å². The third-order valence-corrected chi connectivity index (χ3v) is 3.47. The van der Waals surface area contributed by atoms with Crippen LogP contribution in [0.25, 0.3) is 11.4 Å². The zero-order valence-corrected chi connectivity index (χ0v) is 14.3. The van der Waals surface area contributed by atoms with Gasteiger partial charge in [0.05, 0.1) is 13.2 Å². The van der Waals surface area contributed by atoms with Gasteiger partial charge in [-0.3, -0.25) is 0 Å². The predicted octanol–water partition coefficient (Wildman–Crippen LogP) is 3.25. The molecule has 2 rings (SSSR count). The summed E-state index contributed by atoms with van der Waals surface area (Å²) in [6, 6.07) is 4.77. The number of ether oxygens (including phenoxy) is 2. The highest BCUT2D eigenvalue weighted by Crippen LogP contribution is 2.19. The average molecular weight is 348 g/mol. The highest BCUT2D eigenvalue weighted by atomic mass is 19.1. The first-order chi connectivity index (χ1) is 12.0. The van der Waals surface area contributed by atoms with E-state index in [2.05, 4.69) is 16.7 Å². The van der Waals surface area contributed by atoms with Crippen LogP contribution in [0.1, 0.15) is 24.8 Å². The smallest absolute Gasteiger partial charge is 0.334 e. The summed E-state index contributed by atoms with van der Waals surface area (Å²) in [6.45, 7) is 7.33. The summed E-state index contributed by atoms with van der Waals surface area (Å²) in [6.07, 6.45) is 1.92. The van der Waals surface area contributed by atoms with E-state index in [9.17, 15) is 9.18 Å². The minimum Gasteiger partial charge on any atom is -0.464 e. The molecule has 2 aromatic rings. The van der Waals surface area contributed by atoms with Crippen molar-refractivity contribution in [1.82, 2.24) is 10.1 Å². The summed E-state index contributed by atoms with van der Waals surface area (Å²) in [7, 11) is 0. The molecule has 0 N–H and O–H groups in total. The number of aromatic nitrogens is 2. The Hall–Kier alpha value is -2.54. The zero-order chi connectivity index (χ0) is 18.2. The second-order valence-corrected chi connectivity index (χ2v) is 5.51. The van der Waals surface area contributed by atoms with Gasteiger partial charge in [0.25, 0.3) is 0 Å². The van der Waals surface area contributed by atoms with Crippen molar-refractivity contribution in [2.45, 2.75) is 32.8 Å². The van der Waals surface area contributed by atoms with Gasteiger partial charge in [-0.1, -0.05) is 23.4 Å². The van der Waals surface area contributed by atoms with Crippen molar-refractivity contribution in [2.24, 2.45) is 0 Å². The summed E-state index contributed by atoms with van der Waals surface area (Å²) in [4.78, 5) is 15.9. The van der Waals surface area contributed by atoms with Gasteiger partial charge in [0, 0.05) is 12.0 Å². The molecular weight excluding hydrogens is 327 g/mol. The molecule has 0 aliphatic heterocycles. The van der Waals surface area contributed by atoms with Gasteiger partial charge in [-0.15, -0.1) is 6.58 Å². The first-order valence-electron chi connectivity index (χ1n) is 7.99. The van der Waals surface area contributed by atoms with E-state index < -0.39 is 12.1 Å². The molecular formula is C18H21FN2O4. The Balaban J connectivity index is 1.79. The molecule has 0 aliphatic carbocycles. The number of carbonyl (C=O) groups excluding carboxylic acids is 1. The van der Waals surface area contributed by atoms with Crippen molar-refractivity contribution in [3.63, 3.8) is 0 Å². The molecule has 0 saturated heterocycles. The minimum atomic E-state index is -0.635. The van der Waals surface area contributed by atoms with Crippen molar-refractivity contribution in [2.75, 3.05) is 13.2 Å². The molecule has 0 aliphatic rings. The summed E-state index contributed by atoms with van der Waals surface area (Å²) >= 11 is 0. The Morgan fingerprint density at radius 2 is 2.28 bits per heavy atom. The van der Waals surface area contributed by atoms with Crippen LogP contribution in [0.15, 0.2) is 35.4 Å². The maximum Gasteiger partial charge on any atom is 0.334 e. The second kappa shape index (κ2) is 9.08. The van der Waals surface area contributed by atoms with Crippen molar-refractivity contribution in [3.05, 3.63) is 48.1 Å². The number of hydrogen-bond donors (Lipinski definition) is 0. The van der Waals surface area contributed by atoms with Crippen molar-refractivity contribution in [1.29, 1.82) is 0 Å². The molecule has 1 aromatic heterocycles. The van der Waals surface area contributed by atoms with Crippen molar-refractivity contribution >= 4 is 5.97 Å². The molecule has 1 heterocycles. The summed E-state index contributed by atoms with van der Waals surface area (Å²) < 4.78 is 29.0. The Morgan fingerprint density at radius 3 is 3.00 bits per heavy atom. The number of rotatable bonds is 9. The fraction of sp³-hybridized carbons (Fsp3) is 0.389. The monoisotopic (exact) mass is 348 g/mol. The lowest BCUT2D eigenvalue weighted by Gasteiger charge is -2.10. The zero-order valence-electron chi connectivity index (χ0n) is 14.3. The van der Waals surface area contributed by atoms with Crippen LogP contribution in [-0.2, 0) is 20.7 Å². The van der Waals surface area contributed by atoms with Crippen LogP contribution in [0.2, 0.25) is 0 Å². The van der Waals surface area contributed by atoms with Crippen LogP contribution in [-0.4, -0.2) is 35.4 Å². The summed E-state index contributed by atoms with van der Waals surface area (Å²) in [5, 5.41) is 3.84. The molecule has 25 heavy (non-hydrogen) atoms. The first-order valence-corrected chi connectivity index (χ1v) is 7.99. The standard InChI is InChI=1S/C18H21FN2O4/c1-4-9-23-13(3)18(22)24-10-5-6-16-20-17(21-25-16)14-8-7-12(2)15(19)11-14/h4,7-8,11,13H,1,5-6,9-10H2,2-3H3. The average Bonchev–Trinajstić information content (AvgIpc) is 3.07. The van der Waals surface area contributed by atoms with E-state index in [1.807, 2.05) is 0 Å². The number of esters is 1. The van der Waals surface area contributed by atoms with E-state index in [0.29, 0.717) is 42.3 Å². The number of hydrogen-bond acceptors (Lipinski definition) is 6. The van der Waals surface area contributed by atoms with Gasteiger partial charge in [-0.25, -0.2) is 9.18 Å². The van der Waals surface area contributed by atoms with Crippen LogP contribution < -0.4 is 0 Å². The highest BCUT2D eigenvalue weighted by Gasteiger charge is 2.15. The van der Waals surface area contributed by atoms with Gasteiger partial charge in [-0.2, -0.15) is 4.98 Å². The lowest BCUT2D eigenvalue weighted by Crippen LogP contribution is -2.23. The predicted molar refractivity (Wildman–Crippen MR) is 89.3 cm³/mol. The lowest BCUT2D eigenvalue weighted by atomic mass is 10.1. The maximum absolute atomic E-state index is 13.6. The summed E-state index contributed by atoms with van der Waals surface area (Å²) in [5.74, 6) is -0.00733.